The summed E-state index contributed by atoms with van der Waals surface area (Å²) in [4.78, 5) is 7.41. The molecule has 1 rings (SSSR count). The molecule has 0 atom stereocenters. The first-order valence-electron chi connectivity index (χ1n) is 3.10. The number of nitrogens with zero attached hydrogens (tertiary/aromatic N) is 2. The molecule has 0 fully saturated rings. The Hall–Kier alpha value is -0.920. The number of hydrogen-bond donors (Lipinski definition) is 0. The van der Waals surface area contributed by atoms with Crippen molar-refractivity contribution >= 4 is 0 Å². The monoisotopic (exact) mass is 110 g/mol. The molecular formula is C6H8N2. The van der Waals surface area contributed by atoms with Crippen LogP contribution in [0, 0.1) is 0 Å². The van der Waals surface area contributed by atoms with Crippen molar-refractivity contribution in [3.63, 3.8) is 0 Å². The Morgan fingerprint density at radius 3 is 2.75 bits per heavy atom. The maximum atomic E-state index is 6.94. The van der Waals surface area contributed by atoms with Crippen LogP contribution in [0.3, 0.4) is 0 Å². The third-order valence-electron chi connectivity index (χ3n) is 0.984. The molecule has 0 bridgehead atoms. The van der Waals surface area contributed by atoms with Crippen molar-refractivity contribution in [2.45, 2.75) is 13.3 Å². The molecule has 0 aromatic carbocycles. The second-order valence-corrected chi connectivity index (χ2v) is 1.54. The molecule has 42 valence electrons. The predicted octanol–water partition coefficient (Wildman–Crippen LogP) is 1.04. The van der Waals surface area contributed by atoms with Crippen molar-refractivity contribution in [1.29, 1.82) is 0 Å². The summed E-state index contributed by atoms with van der Waals surface area (Å²) in [5.74, 6) is 0. The first-order valence-corrected chi connectivity index (χ1v) is 2.60. The highest BCUT2D eigenvalue weighted by Gasteiger charge is 1.82. The van der Waals surface area contributed by atoms with Crippen molar-refractivity contribution in [3.8, 4) is 0 Å². The lowest BCUT2D eigenvalue weighted by molar-refractivity contribution is 1.04. The van der Waals surface area contributed by atoms with Gasteiger partial charge in [-0.1, -0.05) is 6.92 Å². The van der Waals surface area contributed by atoms with Crippen LogP contribution in [-0.2, 0) is 6.42 Å². The van der Waals surface area contributed by atoms with Gasteiger partial charge in [-0.25, -0.2) is 9.97 Å². The van der Waals surface area contributed by atoms with E-state index in [0.717, 1.165) is 12.0 Å². The fraction of sp³-hybridized carbons (Fsp3) is 0.333. The molecule has 1 aromatic rings. The molecule has 0 radical (unpaired) electrons. The minimum absolute atomic E-state index is 0.0900. The van der Waals surface area contributed by atoms with Crippen molar-refractivity contribution in [2.24, 2.45) is 0 Å². The summed E-state index contributed by atoms with van der Waals surface area (Å²) in [7, 11) is 0. The smallest absolute Gasteiger partial charge is 0.115 e. The van der Waals surface area contributed by atoms with E-state index in [1.807, 2.05) is 6.92 Å². The number of aryl methyl sites for hydroxylation is 1. The zero-order valence-corrected chi connectivity index (χ0v) is 4.76. The predicted molar refractivity (Wildman–Crippen MR) is 31.4 cm³/mol. The first-order chi connectivity index (χ1) is 4.33. The van der Waals surface area contributed by atoms with Crippen LogP contribution in [0.4, 0.5) is 0 Å². The summed E-state index contributed by atoms with van der Waals surface area (Å²) in [5.41, 5.74) is 1.08. The van der Waals surface area contributed by atoms with Crippen molar-refractivity contribution in [2.75, 3.05) is 0 Å². The molecule has 0 aliphatic heterocycles. The highest BCUT2D eigenvalue weighted by atomic mass is 14.8. The highest BCUT2D eigenvalue weighted by molar-refractivity contribution is 5.00. The Kier molecular flexibility index (Phi) is 1.20. The van der Waals surface area contributed by atoms with E-state index in [9.17, 15) is 0 Å². The Balaban J connectivity index is 2.88. The molecule has 2 nitrogen and oxygen atoms in total. The van der Waals surface area contributed by atoms with Gasteiger partial charge >= 0.3 is 0 Å². The van der Waals surface area contributed by atoms with Gasteiger partial charge in [0.2, 0.25) is 0 Å². The van der Waals surface area contributed by atoms with Gasteiger partial charge in [0.05, 0.1) is 0 Å². The second kappa shape index (κ2) is 2.40. The molecule has 0 aliphatic carbocycles. The van der Waals surface area contributed by atoms with E-state index in [2.05, 4.69) is 9.97 Å². The largest absolute Gasteiger partial charge is 0.245 e. The number of hydrogen-bond acceptors (Lipinski definition) is 2. The van der Waals surface area contributed by atoms with Gasteiger partial charge in [-0.2, -0.15) is 0 Å². The molecule has 0 aliphatic rings. The lowest BCUT2D eigenvalue weighted by atomic mass is 10.3. The van der Waals surface area contributed by atoms with Gasteiger partial charge in [0.15, 0.2) is 0 Å². The normalized spacial score (nSPS) is 10.9. The van der Waals surface area contributed by atoms with Crippen LogP contribution in [0.25, 0.3) is 0 Å². The van der Waals surface area contributed by atoms with E-state index in [-0.39, 0.29) is 6.30 Å². The second-order valence-electron chi connectivity index (χ2n) is 1.54. The third kappa shape index (κ3) is 1.03. The Bertz CT molecular complexity index is 183. The van der Waals surface area contributed by atoms with Gasteiger partial charge in [-0.05, 0) is 12.0 Å². The van der Waals surface area contributed by atoms with Gasteiger partial charge in [-0.3, -0.25) is 0 Å². The molecule has 0 saturated heterocycles. The van der Waals surface area contributed by atoms with Gasteiger partial charge < -0.3 is 0 Å². The average molecular weight is 110 g/mol. The zero-order valence-electron chi connectivity index (χ0n) is 5.76. The van der Waals surface area contributed by atoms with E-state index in [4.69, 9.17) is 1.37 Å². The van der Waals surface area contributed by atoms with E-state index in [1.165, 1.54) is 0 Å². The molecule has 0 N–H and O–H groups in total. The molecule has 1 heterocycles. The standard InChI is InChI=1S/C6H8N2/c1-2-6-3-7-5-8-4-6/h3-5H,2H2,1H3/i5T. The maximum absolute atomic E-state index is 6.94. The number of rotatable bonds is 1. The lowest BCUT2D eigenvalue weighted by Crippen LogP contribution is -1.81. The van der Waals surface area contributed by atoms with E-state index < -0.39 is 0 Å². The lowest BCUT2D eigenvalue weighted by Gasteiger charge is -1.88. The van der Waals surface area contributed by atoms with Crippen molar-refractivity contribution in [3.05, 3.63) is 24.3 Å². The first kappa shape index (κ1) is 4.01. The van der Waals surface area contributed by atoms with E-state index in [0.29, 0.717) is 0 Å². The van der Waals surface area contributed by atoms with Crippen molar-refractivity contribution in [1.82, 2.24) is 9.97 Å². The zero-order chi connectivity index (χ0) is 6.69. The molecular weight excluding hydrogens is 100 g/mol. The SMILES string of the molecule is [3H]c1ncc(CC)cn1. The van der Waals surface area contributed by atoms with E-state index >= 15 is 0 Å². The van der Waals surface area contributed by atoms with Crippen molar-refractivity contribution < 1.29 is 1.37 Å². The summed E-state index contributed by atoms with van der Waals surface area (Å²) in [6.07, 6.45) is 4.37. The average Bonchev–Trinajstić information content (AvgIpc) is 1.90. The number of aromatic nitrogens is 2. The van der Waals surface area contributed by atoms with Crippen LogP contribution in [0.15, 0.2) is 18.7 Å². The molecule has 0 unspecified atom stereocenters. The molecule has 0 amide bonds. The van der Waals surface area contributed by atoms with Gasteiger partial charge in [-0.15, -0.1) is 0 Å². The molecule has 2 heteroatoms. The summed E-state index contributed by atoms with van der Waals surface area (Å²) < 4.78 is 6.94. The summed E-state index contributed by atoms with van der Waals surface area (Å²) in [6.45, 7) is 2.03. The summed E-state index contributed by atoms with van der Waals surface area (Å²) in [5, 5.41) is 0. The van der Waals surface area contributed by atoms with Crippen LogP contribution in [0.5, 0.6) is 0 Å². The quantitative estimate of drug-likeness (QED) is 0.539. The summed E-state index contributed by atoms with van der Waals surface area (Å²) in [6, 6.07) is 0. The van der Waals surface area contributed by atoms with Crippen LogP contribution >= 0.6 is 0 Å². The van der Waals surface area contributed by atoms with Gasteiger partial charge in [0.1, 0.15) is 7.67 Å². The van der Waals surface area contributed by atoms with Crippen LogP contribution in [-0.4, -0.2) is 9.97 Å². The minimum atomic E-state index is 0.0900. The van der Waals surface area contributed by atoms with Gasteiger partial charge in [0, 0.05) is 12.4 Å². The summed E-state index contributed by atoms with van der Waals surface area (Å²) >= 11 is 0. The maximum Gasteiger partial charge on any atom is 0.115 e. The van der Waals surface area contributed by atoms with E-state index in [1.54, 1.807) is 12.4 Å². The molecule has 1 aromatic heterocycles. The highest BCUT2D eigenvalue weighted by Crippen LogP contribution is 1.90. The minimum Gasteiger partial charge on any atom is -0.245 e. The molecule has 8 heavy (non-hydrogen) atoms. The molecule has 0 spiro atoms. The van der Waals surface area contributed by atoms with Gasteiger partial charge in [0.25, 0.3) is 0 Å². The molecule has 0 saturated carbocycles. The Labute approximate surface area is 50.0 Å². The topological polar surface area (TPSA) is 25.8 Å². The van der Waals surface area contributed by atoms with Crippen LogP contribution < -0.4 is 0 Å². The van der Waals surface area contributed by atoms with Crippen LogP contribution in [0.2, 0.25) is 0 Å². The fourth-order valence-corrected chi connectivity index (χ4v) is 0.473. The third-order valence-corrected chi connectivity index (χ3v) is 0.984. The Morgan fingerprint density at radius 1 is 1.62 bits per heavy atom. The van der Waals surface area contributed by atoms with Crippen LogP contribution in [0.1, 0.15) is 13.9 Å². The fourth-order valence-electron chi connectivity index (χ4n) is 0.473. The Morgan fingerprint density at radius 2 is 2.25 bits per heavy atom.